The van der Waals surface area contributed by atoms with Crippen molar-refractivity contribution in [3.8, 4) is 0 Å². The third-order valence-electron chi connectivity index (χ3n) is 7.46. The summed E-state index contributed by atoms with van der Waals surface area (Å²) in [5.74, 6) is -0.0159. The Hall–Kier alpha value is -1.61. The first-order chi connectivity index (χ1) is 20.2. The molecule has 1 N–H and O–H groups in total. The molecule has 0 unspecified atom stereocenters. The van der Waals surface area contributed by atoms with Gasteiger partial charge in [0.15, 0.2) is 0 Å². The Morgan fingerprint density at radius 1 is 0.537 bits per heavy atom. The second kappa shape index (κ2) is 34.6. The van der Waals surface area contributed by atoms with Gasteiger partial charge >= 0.3 is 5.97 Å². The van der Waals surface area contributed by atoms with Crippen LogP contribution in [0.2, 0.25) is 0 Å². The number of carbonyl (C=O) groups is 1. The molecule has 0 rings (SSSR count). The third-order valence-corrected chi connectivity index (χ3v) is 7.46. The van der Waals surface area contributed by atoms with Gasteiger partial charge in [0.1, 0.15) is 6.10 Å². The number of unbranched alkanes of at least 4 members (excludes halogenated alkanes) is 14. The van der Waals surface area contributed by atoms with Crippen molar-refractivity contribution in [1.29, 1.82) is 0 Å². The summed E-state index contributed by atoms with van der Waals surface area (Å²) in [5, 5.41) is 3.12. The number of hydrogen-bond acceptors (Lipinski definition) is 3. The van der Waals surface area contributed by atoms with E-state index in [1.807, 2.05) is 7.05 Å². The molecule has 0 atom stereocenters. The first-order valence-electron chi connectivity index (χ1n) is 17.7. The standard InChI is InChI=1S/C38H69NO2/c1-4-6-8-10-12-14-16-18-20-22-24-26-28-30-33-37(41-38(40)35-32-36-39-3)34-31-29-27-25-23-21-19-17-15-13-11-9-7-5-2/h8-11,20-23,37,39H,4-7,12-19,24-36H2,1-3H3/b10-8-,11-9-,22-20-,23-21-. The van der Waals surface area contributed by atoms with Gasteiger partial charge in [-0.05, 0) is 136 Å². The van der Waals surface area contributed by atoms with Crippen molar-refractivity contribution in [3.05, 3.63) is 48.6 Å². The number of allylic oxidation sites excluding steroid dienone is 8. The van der Waals surface area contributed by atoms with E-state index >= 15 is 0 Å². The van der Waals surface area contributed by atoms with Crippen LogP contribution in [0.15, 0.2) is 48.6 Å². The lowest BCUT2D eigenvalue weighted by atomic mass is 10.0. The number of hydrogen-bond donors (Lipinski definition) is 1. The molecule has 0 spiro atoms. The zero-order valence-corrected chi connectivity index (χ0v) is 27.7. The van der Waals surface area contributed by atoms with Crippen LogP contribution in [0.5, 0.6) is 0 Å². The zero-order chi connectivity index (χ0) is 29.9. The van der Waals surface area contributed by atoms with E-state index < -0.39 is 0 Å². The average molecular weight is 572 g/mol. The normalized spacial score (nSPS) is 12.3. The molecular weight excluding hydrogens is 502 g/mol. The van der Waals surface area contributed by atoms with Crippen LogP contribution < -0.4 is 5.32 Å². The Morgan fingerprint density at radius 2 is 0.902 bits per heavy atom. The molecule has 3 nitrogen and oxygen atoms in total. The molecule has 41 heavy (non-hydrogen) atoms. The molecule has 0 saturated heterocycles. The highest BCUT2D eigenvalue weighted by molar-refractivity contribution is 5.69. The Morgan fingerprint density at radius 3 is 1.27 bits per heavy atom. The minimum atomic E-state index is -0.0159. The summed E-state index contributed by atoms with van der Waals surface area (Å²) in [6, 6.07) is 0. The molecule has 0 fully saturated rings. The van der Waals surface area contributed by atoms with Gasteiger partial charge in [0, 0.05) is 6.42 Å². The molecule has 0 aliphatic heterocycles. The van der Waals surface area contributed by atoms with Crippen molar-refractivity contribution in [1.82, 2.24) is 5.32 Å². The van der Waals surface area contributed by atoms with Crippen LogP contribution in [-0.4, -0.2) is 25.7 Å². The summed E-state index contributed by atoms with van der Waals surface area (Å²) >= 11 is 0. The van der Waals surface area contributed by atoms with Gasteiger partial charge in [0.25, 0.3) is 0 Å². The lowest BCUT2D eigenvalue weighted by molar-refractivity contribution is -0.150. The minimum Gasteiger partial charge on any atom is -0.462 e. The van der Waals surface area contributed by atoms with E-state index in [2.05, 4.69) is 67.8 Å². The largest absolute Gasteiger partial charge is 0.462 e. The van der Waals surface area contributed by atoms with Gasteiger partial charge < -0.3 is 10.1 Å². The highest BCUT2D eigenvalue weighted by Gasteiger charge is 2.14. The molecule has 0 heterocycles. The smallest absolute Gasteiger partial charge is 0.306 e. The molecule has 0 amide bonds. The van der Waals surface area contributed by atoms with Gasteiger partial charge in [-0.3, -0.25) is 4.79 Å². The summed E-state index contributed by atoms with van der Waals surface area (Å²) in [6.07, 6.45) is 46.9. The molecular formula is C38H69NO2. The predicted molar refractivity (Wildman–Crippen MR) is 183 cm³/mol. The highest BCUT2D eigenvalue weighted by atomic mass is 16.5. The van der Waals surface area contributed by atoms with Gasteiger partial charge in [-0.2, -0.15) is 0 Å². The molecule has 0 bridgehead atoms. The fraction of sp³-hybridized carbons (Fsp3) is 0.763. The molecule has 0 aromatic rings. The van der Waals surface area contributed by atoms with E-state index in [1.165, 1.54) is 116 Å². The number of ether oxygens (including phenoxy) is 1. The van der Waals surface area contributed by atoms with Crippen molar-refractivity contribution in [2.45, 2.75) is 174 Å². The molecule has 0 aliphatic carbocycles. The van der Waals surface area contributed by atoms with Crippen molar-refractivity contribution in [2.24, 2.45) is 0 Å². The van der Waals surface area contributed by atoms with E-state index in [4.69, 9.17) is 4.74 Å². The average Bonchev–Trinajstić information content (AvgIpc) is 2.97. The molecule has 0 saturated carbocycles. The Balaban J connectivity index is 4.01. The van der Waals surface area contributed by atoms with Gasteiger partial charge in [0.2, 0.25) is 0 Å². The van der Waals surface area contributed by atoms with Crippen LogP contribution in [0, 0.1) is 0 Å². The molecule has 0 aliphatic rings. The fourth-order valence-electron chi connectivity index (χ4n) is 4.86. The SMILES string of the molecule is CCC/C=C\CCCC/C=C\CCCCCC(CCCCC/C=C\CCCC/C=C\CCC)OC(=O)CCCNC. The quantitative estimate of drug-likeness (QED) is 0.0511. The number of esters is 1. The maximum atomic E-state index is 12.3. The lowest BCUT2D eigenvalue weighted by Gasteiger charge is -2.18. The number of rotatable bonds is 31. The van der Waals surface area contributed by atoms with E-state index in [0.717, 1.165) is 38.6 Å². The number of carbonyl (C=O) groups excluding carboxylic acids is 1. The van der Waals surface area contributed by atoms with Crippen molar-refractivity contribution < 1.29 is 9.53 Å². The molecule has 0 aromatic carbocycles. The summed E-state index contributed by atoms with van der Waals surface area (Å²) in [4.78, 5) is 12.3. The highest BCUT2D eigenvalue weighted by Crippen LogP contribution is 2.17. The van der Waals surface area contributed by atoms with E-state index in [0.29, 0.717) is 6.42 Å². The van der Waals surface area contributed by atoms with Crippen molar-refractivity contribution in [3.63, 3.8) is 0 Å². The molecule has 0 radical (unpaired) electrons. The Labute approximate surface area is 256 Å². The molecule has 238 valence electrons. The zero-order valence-electron chi connectivity index (χ0n) is 27.7. The van der Waals surface area contributed by atoms with Crippen LogP contribution in [0.1, 0.15) is 168 Å². The minimum absolute atomic E-state index is 0.0159. The van der Waals surface area contributed by atoms with Crippen LogP contribution in [0.4, 0.5) is 0 Å². The molecule has 3 heteroatoms. The van der Waals surface area contributed by atoms with Crippen LogP contribution in [0.25, 0.3) is 0 Å². The molecule has 0 aromatic heterocycles. The summed E-state index contributed by atoms with van der Waals surface area (Å²) in [6.45, 7) is 5.33. The van der Waals surface area contributed by atoms with Crippen molar-refractivity contribution >= 4 is 5.97 Å². The fourth-order valence-corrected chi connectivity index (χ4v) is 4.86. The van der Waals surface area contributed by atoms with E-state index in [9.17, 15) is 4.79 Å². The van der Waals surface area contributed by atoms with Crippen LogP contribution in [0.3, 0.4) is 0 Å². The van der Waals surface area contributed by atoms with Gasteiger partial charge in [0.05, 0.1) is 0 Å². The predicted octanol–water partition coefficient (Wildman–Crippen LogP) is 11.7. The first-order valence-corrected chi connectivity index (χ1v) is 17.7. The maximum Gasteiger partial charge on any atom is 0.306 e. The summed E-state index contributed by atoms with van der Waals surface area (Å²) in [7, 11) is 1.93. The van der Waals surface area contributed by atoms with Crippen molar-refractivity contribution in [2.75, 3.05) is 13.6 Å². The van der Waals surface area contributed by atoms with Gasteiger partial charge in [-0.25, -0.2) is 0 Å². The second-order valence-electron chi connectivity index (χ2n) is 11.6. The summed E-state index contributed by atoms with van der Waals surface area (Å²) < 4.78 is 5.92. The van der Waals surface area contributed by atoms with Gasteiger partial charge in [-0.1, -0.05) is 88.1 Å². The topological polar surface area (TPSA) is 38.3 Å². The monoisotopic (exact) mass is 572 g/mol. The first kappa shape index (κ1) is 39.4. The maximum absolute atomic E-state index is 12.3. The van der Waals surface area contributed by atoms with E-state index in [1.54, 1.807) is 0 Å². The third kappa shape index (κ3) is 32.8. The second-order valence-corrected chi connectivity index (χ2v) is 11.6. The van der Waals surface area contributed by atoms with Gasteiger partial charge in [-0.15, -0.1) is 0 Å². The summed E-state index contributed by atoms with van der Waals surface area (Å²) in [5.41, 5.74) is 0. The van der Waals surface area contributed by atoms with Crippen LogP contribution >= 0.6 is 0 Å². The number of nitrogens with one attached hydrogen (secondary N) is 1. The Kier molecular flexibility index (Phi) is 33.2. The Bertz CT molecular complexity index is 605. The van der Waals surface area contributed by atoms with Crippen LogP contribution in [-0.2, 0) is 9.53 Å². The lowest BCUT2D eigenvalue weighted by Crippen LogP contribution is -2.19. The van der Waals surface area contributed by atoms with E-state index in [-0.39, 0.29) is 12.1 Å².